The summed E-state index contributed by atoms with van der Waals surface area (Å²) < 4.78 is 41.9. The number of nitrogens with one attached hydrogen (secondary N) is 1. The lowest BCUT2D eigenvalue weighted by Gasteiger charge is -2.29. The van der Waals surface area contributed by atoms with E-state index in [1.54, 1.807) is 27.0 Å². The standard InChI is InChI=1S/C25H37F3N6O2/c1-7-16(2)10-19(9-8-17(3)35)21-12-22(25(26,27)28)33-34(21)15-24(4,5)32-23(36)20(30)11-18(13-29)14-31-6/h8-10,12-14,16,20H,7,11,15,29-30H2,1-6H3,(H,32,36)/b9-8-,18-13-,19-10+,31-14?. The Morgan fingerprint density at radius 2 is 1.92 bits per heavy atom. The Morgan fingerprint density at radius 3 is 2.42 bits per heavy atom. The molecule has 1 aromatic rings. The second kappa shape index (κ2) is 13.2. The SMILES string of the molecule is CCC(C)/C=C(\C=C/C(C)=O)c1cc(C(F)(F)F)nn1CC(C)(C)NC(=O)C(N)C/C(C=NC)=C/N. The highest BCUT2D eigenvalue weighted by Crippen LogP contribution is 2.32. The van der Waals surface area contributed by atoms with Gasteiger partial charge in [0.2, 0.25) is 5.91 Å². The molecule has 200 valence electrons. The molecule has 36 heavy (non-hydrogen) atoms. The van der Waals surface area contributed by atoms with Crippen molar-refractivity contribution in [2.75, 3.05) is 7.05 Å². The van der Waals surface area contributed by atoms with Crippen molar-refractivity contribution in [2.45, 2.75) is 71.8 Å². The van der Waals surface area contributed by atoms with Crippen LogP contribution >= 0.6 is 0 Å². The van der Waals surface area contributed by atoms with Gasteiger partial charge in [0, 0.05) is 13.3 Å². The first kappa shape index (κ1) is 30.8. The van der Waals surface area contributed by atoms with Crippen molar-refractivity contribution in [1.29, 1.82) is 0 Å². The Bertz CT molecular complexity index is 1040. The molecule has 0 aliphatic heterocycles. The molecule has 1 heterocycles. The maximum atomic E-state index is 13.6. The van der Waals surface area contributed by atoms with Gasteiger partial charge in [-0.3, -0.25) is 19.3 Å². The van der Waals surface area contributed by atoms with E-state index in [-0.39, 0.29) is 30.4 Å². The molecule has 11 heteroatoms. The largest absolute Gasteiger partial charge is 0.435 e. The molecule has 0 radical (unpaired) electrons. The molecule has 0 aromatic carbocycles. The van der Waals surface area contributed by atoms with Crippen molar-refractivity contribution < 1.29 is 22.8 Å². The average molecular weight is 511 g/mol. The minimum atomic E-state index is -4.67. The van der Waals surface area contributed by atoms with E-state index in [1.165, 1.54) is 36.2 Å². The summed E-state index contributed by atoms with van der Waals surface area (Å²) in [5.41, 5.74) is 10.6. The highest BCUT2D eigenvalue weighted by molar-refractivity contribution is 5.90. The fourth-order valence-corrected chi connectivity index (χ4v) is 3.28. The lowest BCUT2D eigenvalue weighted by Crippen LogP contribution is -2.52. The van der Waals surface area contributed by atoms with E-state index in [0.29, 0.717) is 11.1 Å². The number of carbonyl (C=O) groups excluding carboxylic acids is 2. The van der Waals surface area contributed by atoms with Crippen LogP contribution in [0.25, 0.3) is 5.57 Å². The van der Waals surface area contributed by atoms with Crippen molar-refractivity contribution >= 4 is 23.5 Å². The van der Waals surface area contributed by atoms with Gasteiger partial charge in [-0.25, -0.2) is 0 Å². The van der Waals surface area contributed by atoms with E-state index >= 15 is 0 Å². The summed E-state index contributed by atoms with van der Waals surface area (Å²) in [6.45, 7) is 8.46. The van der Waals surface area contributed by atoms with Crippen LogP contribution in [0.5, 0.6) is 0 Å². The van der Waals surface area contributed by atoms with Crippen LogP contribution in [0.15, 0.2) is 41.1 Å². The van der Waals surface area contributed by atoms with Crippen LogP contribution in [0.3, 0.4) is 0 Å². The Balaban J connectivity index is 3.37. The predicted octanol–water partition coefficient (Wildman–Crippen LogP) is 3.63. The van der Waals surface area contributed by atoms with Gasteiger partial charge in [0.25, 0.3) is 0 Å². The van der Waals surface area contributed by atoms with Gasteiger partial charge in [-0.2, -0.15) is 18.3 Å². The number of hydrogen-bond donors (Lipinski definition) is 3. The fourth-order valence-electron chi connectivity index (χ4n) is 3.28. The summed E-state index contributed by atoms with van der Waals surface area (Å²) in [4.78, 5) is 28.1. The van der Waals surface area contributed by atoms with Crippen molar-refractivity contribution in [3.8, 4) is 0 Å². The van der Waals surface area contributed by atoms with Crippen LogP contribution in [0.4, 0.5) is 13.2 Å². The first-order chi connectivity index (χ1) is 16.6. The van der Waals surface area contributed by atoms with Crippen LogP contribution in [0, 0.1) is 5.92 Å². The van der Waals surface area contributed by atoms with Gasteiger partial charge >= 0.3 is 6.18 Å². The number of ketones is 1. The van der Waals surface area contributed by atoms with Crippen molar-refractivity contribution in [2.24, 2.45) is 22.4 Å². The molecule has 1 aromatic heterocycles. The monoisotopic (exact) mass is 510 g/mol. The Morgan fingerprint density at radius 1 is 1.28 bits per heavy atom. The molecule has 5 N–H and O–H groups in total. The molecule has 0 aliphatic carbocycles. The summed E-state index contributed by atoms with van der Waals surface area (Å²) in [5, 5.41) is 6.57. The maximum absolute atomic E-state index is 13.6. The minimum Gasteiger partial charge on any atom is -0.404 e. The number of allylic oxidation sites excluding steroid dienone is 4. The number of amides is 1. The van der Waals surface area contributed by atoms with Crippen LogP contribution in [0.1, 0.15) is 58.8 Å². The van der Waals surface area contributed by atoms with Crippen LogP contribution in [-0.2, 0) is 22.3 Å². The summed E-state index contributed by atoms with van der Waals surface area (Å²) in [7, 11) is 1.56. The van der Waals surface area contributed by atoms with Gasteiger partial charge in [-0.05, 0) is 68.7 Å². The number of hydrogen-bond acceptors (Lipinski definition) is 6. The third kappa shape index (κ3) is 9.80. The lowest BCUT2D eigenvalue weighted by molar-refractivity contribution is -0.141. The highest BCUT2D eigenvalue weighted by atomic mass is 19.4. The fraction of sp³-hybridized carbons (Fsp3) is 0.520. The second-order valence-electron chi connectivity index (χ2n) is 9.33. The van der Waals surface area contributed by atoms with E-state index in [1.807, 2.05) is 13.8 Å². The number of nitrogens with zero attached hydrogens (tertiary/aromatic N) is 3. The molecule has 2 unspecified atom stereocenters. The summed E-state index contributed by atoms with van der Waals surface area (Å²) in [6.07, 6.45) is 3.59. The van der Waals surface area contributed by atoms with Crippen molar-refractivity contribution in [3.63, 3.8) is 0 Å². The normalized spacial score (nSPS) is 15.5. The summed E-state index contributed by atoms with van der Waals surface area (Å²) >= 11 is 0. The highest BCUT2D eigenvalue weighted by Gasteiger charge is 2.36. The third-order valence-corrected chi connectivity index (χ3v) is 5.28. The molecule has 0 bridgehead atoms. The average Bonchev–Trinajstić information content (AvgIpc) is 3.18. The first-order valence-electron chi connectivity index (χ1n) is 11.6. The first-order valence-corrected chi connectivity index (χ1v) is 11.6. The maximum Gasteiger partial charge on any atom is 0.435 e. The third-order valence-electron chi connectivity index (χ3n) is 5.28. The Labute approximate surface area is 210 Å². The molecule has 2 atom stereocenters. The van der Waals surface area contributed by atoms with Gasteiger partial charge in [-0.15, -0.1) is 0 Å². The molecule has 0 fully saturated rings. The second-order valence-corrected chi connectivity index (χ2v) is 9.33. The quantitative estimate of drug-likeness (QED) is 0.225. The van der Waals surface area contributed by atoms with E-state index in [9.17, 15) is 22.8 Å². The number of aromatic nitrogens is 2. The minimum absolute atomic E-state index is 0.0384. The van der Waals surface area contributed by atoms with E-state index in [4.69, 9.17) is 11.5 Å². The van der Waals surface area contributed by atoms with Gasteiger partial charge < -0.3 is 16.8 Å². The van der Waals surface area contributed by atoms with Gasteiger partial charge in [0.1, 0.15) is 0 Å². The number of halogens is 3. The predicted molar refractivity (Wildman–Crippen MR) is 136 cm³/mol. The molecule has 0 aliphatic rings. The number of alkyl halides is 3. The van der Waals surface area contributed by atoms with E-state index < -0.39 is 29.4 Å². The zero-order chi connectivity index (χ0) is 27.7. The molecule has 0 spiro atoms. The van der Waals surface area contributed by atoms with Crippen molar-refractivity contribution in [3.05, 3.63) is 47.5 Å². The van der Waals surface area contributed by atoms with Crippen LogP contribution < -0.4 is 16.8 Å². The van der Waals surface area contributed by atoms with Gasteiger partial charge in [0.05, 0.1) is 23.8 Å². The van der Waals surface area contributed by atoms with Gasteiger partial charge in [0.15, 0.2) is 11.5 Å². The lowest BCUT2D eigenvalue weighted by atomic mass is 10.0. The molecular weight excluding hydrogens is 473 g/mol. The number of carbonyl (C=O) groups is 2. The topological polar surface area (TPSA) is 128 Å². The molecule has 1 amide bonds. The summed E-state index contributed by atoms with van der Waals surface area (Å²) in [6, 6.07) is 0.00401. The zero-order valence-corrected chi connectivity index (χ0v) is 21.7. The number of nitrogens with two attached hydrogens (primary N) is 2. The van der Waals surface area contributed by atoms with E-state index in [2.05, 4.69) is 15.4 Å². The Kier molecular flexibility index (Phi) is 11.3. The molecular formula is C25H37F3N6O2. The van der Waals surface area contributed by atoms with Crippen molar-refractivity contribution in [1.82, 2.24) is 15.1 Å². The summed E-state index contributed by atoms with van der Waals surface area (Å²) in [5.74, 6) is -0.704. The number of aliphatic imine (C=N–C) groups is 1. The molecule has 0 saturated carbocycles. The number of rotatable bonds is 12. The zero-order valence-electron chi connectivity index (χ0n) is 21.7. The molecule has 8 nitrogen and oxygen atoms in total. The molecule has 1 rings (SSSR count). The van der Waals surface area contributed by atoms with Crippen LogP contribution in [-0.4, -0.2) is 46.3 Å². The molecule has 0 saturated heterocycles. The van der Waals surface area contributed by atoms with Gasteiger partial charge in [-0.1, -0.05) is 26.3 Å². The van der Waals surface area contributed by atoms with E-state index in [0.717, 1.165) is 12.5 Å². The Hall–Kier alpha value is -3.21. The van der Waals surface area contributed by atoms with Crippen LogP contribution in [0.2, 0.25) is 0 Å². The smallest absolute Gasteiger partial charge is 0.404 e.